The van der Waals surface area contributed by atoms with Gasteiger partial charge in [-0.2, -0.15) is 0 Å². The molecule has 3 aromatic rings. The average Bonchev–Trinajstić information content (AvgIpc) is 3.29. The van der Waals surface area contributed by atoms with Gasteiger partial charge in [-0.1, -0.05) is 30.3 Å². The van der Waals surface area contributed by atoms with E-state index in [2.05, 4.69) is 10.3 Å². The number of thiazole rings is 1. The van der Waals surface area contributed by atoms with E-state index in [0.717, 1.165) is 16.3 Å². The smallest absolute Gasteiger partial charge is 0.251 e. The van der Waals surface area contributed by atoms with E-state index in [1.807, 2.05) is 35.7 Å². The first-order chi connectivity index (χ1) is 11.8. The van der Waals surface area contributed by atoms with E-state index in [-0.39, 0.29) is 12.7 Å². The van der Waals surface area contributed by atoms with Crippen molar-refractivity contribution in [3.8, 4) is 22.1 Å². The molecule has 1 N–H and O–H groups in total. The van der Waals surface area contributed by atoms with E-state index in [0.29, 0.717) is 23.6 Å². The largest absolute Gasteiger partial charge is 0.454 e. The molecule has 0 saturated heterocycles. The van der Waals surface area contributed by atoms with Crippen molar-refractivity contribution >= 4 is 17.2 Å². The zero-order valence-corrected chi connectivity index (χ0v) is 13.5. The lowest BCUT2D eigenvalue weighted by atomic mass is 10.2. The van der Waals surface area contributed by atoms with Crippen molar-refractivity contribution < 1.29 is 14.3 Å². The average molecular weight is 338 g/mol. The second-order valence-corrected chi connectivity index (χ2v) is 6.12. The third-order valence-electron chi connectivity index (χ3n) is 3.64. The van der Waals surface area contributed by atoms with Gasteiger partial charge in [0.25, 0.3) is 5.91 Å². The van der Waals surface area contributed by atoms with E-state index < -0.39 is 0 Å². The summed E-state index contributed by atoms with van der Waals surface area (Å²) < 4.78 is 10.5. The zero-order valence-electron chi connectivity index (χ0n) is 12.7. The van der Waals surface area contributed by atoms with Crippen LogP contribution in [-0.2, 0) is 6.54 Å². The van der Waals surface area contributed by atoms with Gasteiger partial charge in [-0.15, -0.1) is 11.3 Å². The normalized spacial score (nSPS) is 12.2. The summed E-state index contributed by atoms with van der Waals surface area (Å²) in [5.74, 6) is 1.10. The summed E-state index contributed by atoms with van der Waals surface area (Å²) in [4.78, 5) is 16.8. The van der Waals surface area contributed by atoms with Gasteiger partial charge < -0.3 is 14.8 Å². The summed E-state index contributed by atoms with van der Waals surface area (Å²) in [6, 6.07) is 15.1. The van der Waals surface area contributed by atoms with Crippen LogP contribution in [0.2, 0.25) is 0 Å². The summed E-state index contributed by atoms with van der Waals surface area (Å²) in [5, 5.41) is 5.79. The molecule has 1 aromatic heterocycles. The Kier molecular flexibility index (Phi) is 3.88. The number of hydrogen-bond acceptors (Lipinski definition) is 5. The molecule has 1 aliphatic rings. The Morgan fingerprint density at radius 2 is 1.96 bits per heavy atom. The molecule has 4 rings (SSSR count). The summed E-state index contributed by atoms with van der Waals surface area (Å²) in [6.45, 7) is 0.581. The van der Waals surface area contributed by atoms with Crippen molar-refractivity contribution in [3.63, 3.8) is 0 Å². The van der Waals surface area contributed by atoms with Gasteiger partial charge in [0.05, 0.1) is 12.2 Å². The summed E-state index contributed by atoms with van der Waals surface area (Å²) in [6.07, 6.45) is 0. The van der Waals surface area contributed by atoms with Gasteiger partial charge in [0.1, 0.15) is 5.01 Å². The fourth-order valence-electron chi connectivity index (χ4n) is 2.41. The van der Waals surface area contributed by atoms with Crippen LogP contribution in [0.25, 0.3) is 10.6 Å². The first-order valence-corrected chi connectivity index (χ1v) is 8.35. The lowest BCUT2D eigenvalue weighted by Gasteiger charge is -2.04. The van der Waals surface area contributed by atoms with Crippen LogP contribution in [0.4, 0.5) is 0 Å². The molecule has 0 unspecified atom stereocenters. The Hall–Kier alpha value is -2.86. The van der Waals surface area contributed by atoms with Crippen molar-refractivity contribution in [3.05, 3.63) is 65.2 Å². The van der Waals surface area contributed by atoms with Crippen molar-refractivity contribution in [2.24, 2.45) is 0 Å². The van der Waals surface area contributed by atoms with E-state index in [1.165, 1.54) is 0 Å². The van der Waals surface area contributed by atoms with Crippen LogP contribution in [0.5, 0.6) is 11.5 Å². The maximum absolute atomic E-state index is 12.3. The minimum absolute atomic E-state index is 0.164. The topological polar surface area (TPSA) is 60.5 Å². The Balaban J connectivity index is 1.42. The molecule has 0 bridgehead atoms. The number of hydrogen-bond donors (Lipinski definition) is 1. The number of carbonyl (C=O) groups is 1. The SMILES string of the molecule is O=C(NCc1csc(-c2ccccc2)n1)c1ccc2c(c1)OCO2. The van der Waals surface area contributed by atoms with Gasteiger partial charge >= 0.3 is 0 Å². The first-order valence-electron chi connectivity index (χ1n) is 7.47. The summed E-state index contributed by atoms with van der Waals surface area (Å²) in [7, 11) is 0. The molecule has 0 atom stereocenters. The van der Waals surface area contributed by atoms with Crippen molar-refractivity contribution in [1.29, 1.82) is 0 Å². The van der Waals surface area contributed by atoms with E-state index in [1.54, 1.807) is 29.5 Å². The maximum atomic E-state index is 12.3. The monoisotopic (exact) mass is 338 g/mol. The number of fused-ring (bicyclic) bond motifs is 1. The van der Waals surface area contributed by atoms with Crippen LogP contribution in [-0.4, -0.2) is 17.7 Å². The number of rotatable bonds is 4. The number of amides is 1. The van der Waals surface area contributed by atoms with Gasteiger partial charge in [-0.05, 0) is 18.2 Å². The molecule has 1 aliphatic heterocycles. The van der Waals surface area contributed by atoms with Crippen LogP contribution in [0, 0.1) is 0 Å². The van der Waals surface area contributed by atoms with Gasteiger partial charge in [0.15, 0.2) is 11.5 Å². The molecule has 0 radical (unpaired) electrons. The molecule has 120 valence electrons. The highest BCUT2D eigenvalue weighted by Gasteiger charge is 2.16. The van der Waals surface area contributed by atoms with Crippen LogP contribution in [0.1, 0.15) is 16.1 Å². The molecule has 2 heterocycles. The molecule has 0 fully saturated rings. The molecule has 5 nitrogen and oxygen atoms in total. The number of nitrogens with one attached hydrogen (secondary N) is 1. The van der Waals surface area contributed by atoms with Crippen LogP contribution in [0.3, 0.4) is 0 Å². The first kappa shape index (κ1) is 14.7. The maximum Gasteiger partial charge on any atom is 0.251 e. The predicted molar refractivity (Wildman–Crippen MR) is 91.3 cm³/mol. The Labute approximate surface area is 142 Å². The quantitative estimate of drug-likeness (QED) is 0.791. The molecule has 2 aromatic carbocycles. The molecule has 0 spiro atoms. The van der Waals surface area contributed by atoms with Gasteiger partial charge in [0.2, 0.25) is 6.79 Å². The second kappa shape index (κ2) is 6.33. The number of ether oxygens (including phenoxy) is 2. The lowest BCUT2D eigenvalue weighted by molar-refractivity contribution is 0.0950. The van der Waals surface area contributed by atoms with E-state index in [4.69, 9.17) is 9.47 Å². The van der Waals surface area contributed by atoms with Crippen molar-refractivity contribution in [2.75, 3.05) is 6.79 Å². The van der Waals surface area contributed by atoms with E-state index in [9.17, 15) is 4.79 Å². The number of aromatic nitrogens is 1. The highest BCUT2D eigenvalue weighted by Crippen LogP contribution is 2.32. The van der Waals surface area contributed by atoms with Crippen LogP contribution in [0.15, 0.2) is 53.9 Å². The fraction of sp³-hybridized carbons (Fsp3) is 0.111. The Morgan fingerprint density at radius 1 is 1.12 bits per heavy atom. The fourth-order valence-corrected chi connectivity index (χ4v) is 3.24. The molecule has 0 saturated carbocycles. The van der Waals surface area contributed by atoms with Crippen molar-refractivity contribution in [2.45, 2.75) is 6.54 Å². The molecular weight excluding hydrogens is 324 g/mol. The molecule has 1 amide bonds. The highest BCUT2D eigenvalue weighted by molar-refractivity contribution is 7.13. The molecule has 0 aliphatic carbocycles. The van der Waals surface area contributed by atoms with Crippen LogP contribution < -0.4 is 14.8 Å². The Bertz CT molecular complexity index is 877. The standard InChI is InChI=1S/C18H14N2O3S/c21-17(13-6-7-15-16(8-13)23-11-22-15)19-9-14-10-24-18(20-14)12-4-2-1-3-5-12/h1-8,10H,9,11H2,(H,19,21). The third kappa shape index (κ3) is 2.96. The summed E-state index contributed by atoms with van der Waals surface area (Å²) in [5.41, 5.74) is 2.46. The van der Waals surface area contributed by atoms with Gasteiger partial charge in [-0.3, -0.25) is 4.79 Å². The zero-order chi connectivity index (χ0) is 16.4. The molecule has 6 heteroatoms. The number of benzene rings is 2. The number of carbonyl (C=O) groups excluding carboxylic acids is 1. The lowest BCUT2D eigenvalue weighted by Crippen LogP contribution is -2.22. The van der Waals surface area contributed by atoms with Gasteiger partial charge in [-0.25, -0.2) is 4.98 Å². The molecular formula is C18H14N2O3S. The second-order valence-electron chi connectivity index (χ2n) is 5.26. The summed E-state index contributed by atoms with van der Waals surface area (Å²) >= 11 is 1.57. The molecule has 24 heavy (non-hydrogen) atoms. The third-order valence-corrected chi connectivity index (χ3v) is 4.58. The van der Waals surface area contributed by atoms with Crippen LogP contribution >= 0.6 is 11.3 Å². The van der Waals surface area contributed by atoms with E-state index >= 15 is 0 Å². The highest BCUT2D eigenvalue weighted by atomic mass is 32.1. The number of nitrogens with zero attached hydrogens (tertiary/aromatic N) is 1. The minimum Gasteiger partial charge on any atom is -0.454 e. The minimum atomic E-state index is -0.164. The Morgan fingerprint density at radius 3 is 2.83 bits per heavy atom. The predicted octanol–water partition coefficient (Wildman–Crippen LogP) is 3.47. The van der Waals surface area contributed by atoms with Gasteiger partial charge in [0, 0.05) is 16.5 Å². The van der Waals surface area contributed by atoms with Crippen molar-refractivity contribution in [1.82, 2.24) is 10.3 Å².